The summed E-state index contributed by atoms with van der Waals surface area (Å²) in [6.07, 6.45) is 0. The van der Waals surface area contributed by atoms with Crippen molar-refractivity contribution < 1.29 is 27.7 Å². The van der Waals surface area contributed by atoms with Crippen molar-refractivity contribution in [2.24, 2.45) is 0 Å². The zero-order valence-corrected chi connectivity index (χ0v) is 25.4. The molecule has 0 fully saturated rings. The van der Waals surface area contributed by atoms with Crippen molar-refractivity contribution in [2.75, 3.05) is 0 Å². The Bertz CT molecular complexity index is 3700. The first kappa shape index (κ1) is 15.6. The molecule has 0 amide bonds. The van der Waals surface area contributed by atoms with Crippen molar-refractivity contribution in [3.05, 3.63) is 182 Å². The minimum atomic E-state index is -0.866. The van der Waals surface area contributed by atoms with Gasteiger partial charge in [-0.1, -0.05) is 157 Å². The fraction of sp³-hybridized carbons (Fsp3) is 0. The molecule has 10 aromatic rings. The molecule has 1 nitrogen and oxygen atoms in total. The van der Waals surface area contributed by atoms with Crippen LogP contribution in [-0.4, -0.2) is 0 Å². The van der Waals surface area contributed by atoms with E-state index in [-0.39, 0.29) is 32.7 Å². The zero-order chi connectivity index (χ0) is 47.1. The molecule has 10 rings (SSSR count). The molecule has 0 N–H and O–H groups in total. The average Bonchev–Trinajstić information content (AvgIpc) is 3.72. The van der Waals surface area contributed by atoms with Crippen molar-refractivity contribution in [2.45, 2.75) is 0 Å². The molecule has 0 radical (unpaired) electrons. The second kappa shape index (κ2) is 11.1. The van der Waals surface area contributed by atoms with Crippen molar-refractivity contribution >= 4 is 54.3 Å². The lowest BCUT2D eigenvalue weighted by molar-refractivity contribution is 0.673. The molecule has 0 saturated heterocycles. The Morgan fingerprint density at radius 1 is 0.388 bits per heavy atom. The lowest BCUT2D eigenvalue weighted by Gasteiger charge is -2.18. The van der Waals surface area contributed by atoms with Gasteiger partial charge < -0.3 is 4.42 Å². The maximum absolute atomic E-state index is 9.48. The Kier molecular flexibility index (Phi) is 3.54. The Hall–Kier alpha value is -6.44. The van der Waals surface area contributed by atoms with Gasteiger partial charge in [0.15, 0.2) is 0 Å². The normalized spacial score (nSPS) is 16.5. The van der Waals surface area contributed by atoms with Gasteiger partial charge in [0.05, 0.1) is 23.3 Å². The van der Waals surface area contributed by atoms with Crippen LogP contribution in [0.5, 0.6) is 0 Å². The molecule has 1 heterocycles. The number of furan rings is 1. The fourth-order valence-corrected chi connectivity index (χ4v) is 6.71. The molecule has 0 aliphatic rings. The third-order valence-corrected chi connectivity index (χ3v) is 8.85. The van der Waals surface area contributed by atoms with E-state index in [4.69, 9.17) is 16.8 Å². The topological polar surface area (TPSA) is 13.1 Å². The highest BCUT2D eigenvalue weighted by molar-refractivity contribution is 6.27. The summed E-state index contributed by atoms with van der Waals surface area (Å²) < 4.78 is 159. The van der Waals surface area contributed by atoms with Crippen LogP contribution in [0, 0.1) is 0 Å². The van der Waals surface area contributed by atoms with Gasteiger partial charge in [0.2, 0.25) is 0 Å². The van der Waals surface area contributed by atoms with Crippen molar-refractivity contribution in [1.82, 2.24) is 0 Å². The third-order valence-electron chi connectivity index (χ3n) is 8.85. The standard InChI is InChI=1S/C48H30O/c1-3-12-31(13-4-1)33-22-24-34(25-23-33)45-38-16-7-9-18-40(38)46(41-19-10-8-17-39(41)45)42-20-11-21-44-47(42)43-29-27-36-30-35(32-14-5-2-6-15-32)26-28-37(36)48(43)49-44/h1-30H/i1D,3D,4D,7D,8D,9D,10D,12D,13D,16D,17D,18D,19D,22D,23D,24D,25D. The van der Waals surface area contributed by atoms with Crippen LogP contribution in [0.4, 0.5) is 0 Å². The predicted molar refractivity (Wildman–Crippen MR) is 208 cm³/mol. The van der Waals surface area contributed by atoms with Gasteiger partial charge in [-0.25, -0.2) is 0 Å². The first-order valence-corrected chi connectivity index (χ1v) is 15.5. The second-order valence-corrected chi connectivity index (χ2v) is 11.5. The van der Waals surface area contributed by atoms with Crippen molar-refractivity contribution in [1.29, 1.82) is 0 Å². The summed E-state index contributed by atoms with van der Waals surface area (Å²) in [4.78, 5) is 0. The summed E-state index contributed by atoms with van der Waals surface area (Å²) in [5.41, 5.74) is 0.796. The van der Waals surface area contributed by atoms with Crippen LogP contribution in [0.3, 0.4) is 0 Å². The van der Waals surface area contributed by atoms with Crippen molar-refractivity contribution in [3.8, 4) is 44.5 Å². The Morgan fingerprint density at radius 3 is 1.71 bits per heavy atom. The Balaban J connectivity index is 1.38. The van der Waals surface area contributed by atoms with Crippen LogP contribution in [0.2, 0.25) is 0 Å². The lowest BCUT2D eigenvalue weighted by atomic mass is 9.84. The monoisotopic (exact) mass is 639 g/mol. The maximum Gasteiger partial charge on any atom is 0.143 e. The van der Waals surface area contributed by atoms with Gasteiger partial charge in [-0.2, -0.15) is 0 Å². The molecule has 228 valence electrons. The van der Waals surface area contributed by atoms with Gasteiger partial charge >= 0.3 is 0 Å². The molecule has 49 heavy (non-hydrogen) atoms. The fourth-order valence-electron chi connectivity index (χ4n) is 6.71. The number of benzene rings is 9. The molecule has 0 aliphatic heterocycles. The van der Waals surface area contributed by atoms with Crippen LogP contribution in [-0.2, 0) is 0 Å². The van der Waals surface area contributed by atoms with Gasteiger partial charge in [0.1, 0.15) is 11.2 Å². The smallest absolute Gasteiger partial charge is 0.143 e. The van der Waals surface area contributed by atoms with E-state index in [1.165, 1.54) is 0 Å². The predicted octanol–water partition coefficient (Wildman–Crippen LogP) is 13.7. The summed E-state index contributed by atoms with van der Waals surface area (Å²) in [6.45, 7) is 0. The number of hydrogen-bond donors (Lipinski definition) is 0. The van der Waals surface area contributed by atoms with Crippen LogP contribution in [0.1, 0.15) is 23.3 Å². The minimum Gasteiger partial charge on any atom is -0.455 e. The van der Waals surface area contributed by atoms with E-state index in [1.54, 1.807) is 18.2 Å². The molecule has 0 unspecified atom stereocenters. The molecule has 0 atom stereocenters. The summed E-state index contributed by atoms with van der Waals surface area (Å²) in [5.74, 6) is 0. The highest BCUT2D eigenvalue weighted by atomic mass is 16.3. The van der Waals surface area contributed by atoms with Crippen molar-refractivity contribution in [3.63, 3.8) is 0 Å². The van der Waals surface area contributed by atoms with E-state index >= 15 is 0 Å². The zero-order valence-electron chi connectivity index (χ0n) is 42.4. The first-order valence-electron chi connectivity index (χ1n) is 24.0. The average molecular weight is 640 g/mol. The highest BCUT2D eigenvalue weighted by Gasteiger charge is 2.21. The molecular formula is C48H30O. The van der Waals surface area contributed by atoms with Gasteiger partial charge in [-0.15, -0.1) is 0 Å². The maximum atomic E-state index is 9.48. The van der Waals surface area contributed by atoms with Crippen LogP contribution in [0.25, 0.3) is 98.8 Å². The highest BCUT2D eigenvalue weighted by Crippen LogP contribution is 2.47. The molecule has 1 heteroatoms. The minimum absolute atomic E-state index is 0.0263. The Morgan fingerprint density at radius 2 is 1.00 bits per heavy atom. The third kappa shape index (κ3) is 4.40. The van der Waals surface area contributed by atoms with Crippen LogP contribution < -0.4 is 0 Å². The van der Waals surface area contributed by atoms with Gasteiger partial charge in [0.25, 0.3) is 0 Å². The second-order valence-electron chi connectivity index (χ2n) is 11.5. The van der Waals surface area contributed by atoms with E-state index in [0.717, 1.165) is 21.9 Å². The summed E-state index contributed by atoms with van der Waals surface area (Å²) in [6, 6.07) is 11.7. The summed E-state index contributed by atoms with van der Waals surface area (Å²) in [5, 5.41) is 1.47. The SMILES string of the molecule is [2H]c1c([2H])c([2H])c(-c2c([2H])c([2H])c(-c3c4c([2H])c([2H])c([2H])c([2H])c4c(-c4cccc5oc6c7ccc(-c8ccccc8)cc7ccc6c45)c4c([2H])c([2H])c([2H])c([2H])c34)c([2H])c2[2H])c([2H])c1[2H]. The molecule has 0 saturated carbocycles. The molecular weight excluding hydrogens is 593 g/mol. The van der Waals surface area contributed by atoms with Gasteiger partial charge in [0, 0.05) is 16.2 Å². The lowest BCUT2D eigenvalue weighted by Crippen LogP contribution is -1.91. The molecule has 1 aromatic heterocycles. The molecule has 9 aromatic carbocycles. The van der Waals surface area contributed by atoms with E-state index in [1.807, 2.05) is 60.7 Å². The summed E-state index contributed by atoms with van der Waals surface area (Å²) >= 11 is 0. The Labute approximate surface area is 308 Å². The summed E-state index contributed by atoms with van der Waals surface area (Å²) in [7, 11) is 0. The molecule has 0 bridgehead atoms. The number of fused-ring (bicyclic) bond motifs is 7. The van der Waals surface area contributed by atoms with E-state index in [0.29, 0.717) is 21.9 Å². The van der Waals surface area contributed by atoms with E-state index in [2.05, 4.69) is 0 Å². The largest absolute Gasteiger partial charge is 0.455 e. The van der Waals surface area contributed by atoms with Gasteiger partial charge in [-0.05, 0) is 95.7 Å². The van der Waals surface area contributed by atoms with E-state index < -0.39 is 125 Å². The first-order chi connectivity index (χ1) is 31.4. The van der Waals surface area contributed by atoms with E-state index in [9.17, 15) is 11.0 Å². The molecule has 0 aliphatic carbocycles. The number of rotatable bonds is 4. The quantitative estimate of drug-likeness (QED) is 0.175. The van der Waals surface area contributed by atoms with Crippen LogP contribution >= 0.6 is 0 Å². The molecule has 0 spiro atoms. The van der Waals surface area contributed by atoms with Gasteiger partial charge in [-0.3, -0.25) is 0 Å². The van der Waals surface area contributed by atoms with Crippen LogP contribution in [0.15, 0.2) is 186 Å². The number of hydrogen-bond acceptors (Lipinski definition) is 1.